The minimum absolute atomic E-state index is 0.0767. The van der Waals surface area contributed by atoms with Gasteiger partial charge in [-0.25, -0.2) is 17.9 Å². The van der Waals surface area contributed by atoms with Gasteiger partial charge >= 0.3 is 5.97 Å². The summed E-state index contributed by atoms with van der Waals surface area (Å²) in [6.07, 6.45) is 0. The van der Waals surface area contributed by atoms with Gasteiger partial charge in [0, 0.05) is 12.6 Å². The number of sulfonamides is 1. The van der Waals surface area contributed by atoms with Gasteiger partial charge in [0.25, 0.3) is 0 Å². The van der Waals surface area contributed by atoms with Crippen molar-refractivity contribution in [1.82, 2.24) is 9.62 Å². The van der Waals surface area contributed by atoms with E-state index in [4.69, 9.17) is 9.84 Å². The van der Waals surface area contributed by atoms with E-state index in [1.165, 1.54) is 18.2 Å². The Balaban J connectivity index is 2.19. The number of benzene rings is 2. The molecule has 0 aliphatic carbocycles. The first-order valence-electron chi connectivity index (χ1n) is 7.88. The van der Waals surface area contributed by atoms with E-state index in [2.05, 4.69) is 4.72 Å². The maximum absolute atomic E-state index is 12.5. The Hall–Kier alpha value is -2.42. The molecule has 0 spiro atoms. The fraction of sp³-hybridized carbons (Fsp3) is 0.278. The average molecular weight is 378 g/mol. The molecule has 0 radical (unpaired) electrons. The number of nitrogens with zero attached hydrogens (tertiary/aromatic N) is 1. The second kappa shape index (κ2) is 8.31. The topological polar surface area (TPSA) is 95.9 Å². The molecule has 8 heteroatoms. The lowest BCUT2D eigenvalue weighted by Crippen LogP contribution is -2.34. The number of nitrogens with one attached hydrogen (secondary N) is 1. The Bertz CT molecular complexity index is 863. The lowest BCUT2D eigenvalue weighted by Gasteiger charge is -2.25. The molecular weight excluding hydrogens is 356 g/mol. The molecule has 2 rings (SSSR count). The van der Waals surface area contributed by atoms with Crippen LogP contribution in [0.2, 0.25) is 0 Å². The second-order valence-corrected chi connectivity index (χ2v) is 7.70. The lowest BCUT2D eigenvalue weighted by molar-refractivity contribution is 0.0696. The van der Waals surface area contributed by atoms with Crippen LogP contribution in [0.1, 0.15) is 22.0 Å². The quantitative estimate of drug-likeness (QED) is 0.729. The van der Waals surface area contributed by atoms with Crippen LogP contribution in [-0.2, 0) is 10.0 Å². The molecule has 1 atom stereocenters. The summed E-state index contributed by atoms with van der Waals surface area (Å²) in [5.41, 5.74) is 0.852. The average Bonchev–Trinajstić information content (AvgIpc) is 2.62. The number of carboxylic acid groups (broad SMARTS) is 1. The van der Waals surface area contributed by atoms with Crippen molar-refractivity contribution >= 4 is 16.0 Å². The van der Waals surface area contributed by atoms with E-state index in [1.54, 1.807) is 7.11 Å². The summed E-state index contributed by atoms with van der Waals surface area (Å²) >= 11 is 0. The van der Waals surface area contributed by atoms with Gasteiger partial charge in [0.15, 0.2) is 0 Å². The molecule has 2 aromatic rings. The molecule has 0 bridgehead atoms. The number of carboxylic acids is 1. The van der Waals surface area contributed by atoms with Crippen LogP contribution in [0, 0.1) is 0 Å². The third-order valence-corrected chi connectivity index (χ3v) is 5.40. The molecule has 0 amide bonds. The van der Waals surface area contributed by atoms with Gasteiger partial charge in [-0.2, -0.15) is 0 Å². The van der Waals surface area contributed by atoms with E-state index < -0.39 is 16.0 Å². The largest absolute Gasteiger partial charge is 0.497 e. The van der Waals surface area contributed by atoms with Gasteiger partial charge in [-0.15, -0.1) is 0 Å². The Morgan fingerprint density at radius 1 is 1.19 bits per heavy atom. The van der Waals surface area contributed by atoms with Gasteiger partial charge in [-0.1, -0.05) is 18.2 Å². The zero-order valence-corrected chi connectivity index (χ0v) is 15.7. The maximum atomic E-state index is 12.5. The van der Waals surface area contributed by atoms with Gasteiger partial charge < -0.3 is 14.7 Å². The summed E-state index contributed by atoms with van der Waals surface area (Å²) < 4.78 is 32.7. The Labute approximate surface area is 153 Å². The molecule has 0 heterocycles. The Morgan fingerprint density at radius 2 is 1.85 bits per heavy atom. The number of aromatic carboxylic acids is 1. The normalized spacial score (nSPS) is 12.8. The van der Waals surface area contributed by atoms with E-state index >= 15 is 0 Å². The van der Waals surface area contributed by atoms with E-state index in [9.17, 15) is 13.2 Å². The van der Waals surface area contributed by atoms with Gasteiger partial charge in [-0.3, -0.25) is 0 Å². The molecular formula is C18H22N2O5S. The molecule has 0 fully saturated rings. The number of likely N-dealkylation sites (N-methyl/N-ethyl adjacent to an activating group) is 1. The molecule has 2 N–H and O–H groups in total. The number of ether oxygens (including phenoxy) is 1. The molecule has 0 saturated heterocycles. The monoisotopic (exact) mass is 378 g/mol. The minimum Gasteiger partial charge on any atom is -0.497 e. The van der Waals surface area contributed by atoms with Crippen LogP contribution < -0.4 is 9.46 Å². The van der Waals surface area contributed by atoms with Crippen molar-refractivity contribution in [3.05, 3.63) is 59.7 Å². The Kier molecular flexibility index (Phi) is 6.36. The molecule has 2 aromatic carbocycles. The molecule has 0 aliphatic heterocycles. The molecule has 140 valence electrons. The third kappa shape index (κ3) is 4.81. The van der Waals surface area contributed by atoms with Crippen molar-refractivity contribution in [2.24, 2.45) is 0 Å². The highest BCUT2D eigenvalue weighted by Gasteiger charge is 2.20. The maximum Gasteiger partial charge on any atom is 0.335 e. The number of carbonyl (C=O) groups is 1. The van der Waals surface area contributed by atoms with Gasteiger partial charge in [0.1, 0.15) is 5.75 Å². The van der Waals surface area contributed by atoms with Crippen molar-refractivity contribution in [2.45, 2.75) is 10.9 Å². The second-order valence-electron chi connectivity index (χ2n) is 5.94. The van der Waals surface area contributed by atoms with Crippen LogP contribution in [0.15, 0.2) is 53.4 Å². The predicted molar refractivity (Wildman–Crippen MR) is 98.0 cm³/mol. The summed E-state index contributed by atoms with van der Waals surface area (Å²) in [6, 6.07) is 12.5. The fourth-order valence-corrected chi connectivity index (χ4v) is 3.58. The molecule has 7 nitrogen and oxygen atoms in total. The van der Waals surface area contributed by atoms with E-state index in [0.717, 1.165) is 17.4 Å². The van der Waals surface area contributed by atoms with Crippen molar-refractivity contribution in [2.75, 3.05) is 27.7 Å². The Morgan fingerprint density at radius 3 is 2.38 bits per heavy atom. The van der Waals surface area contributed by atoms with E-state index in [0.29, 0.717) is 0 Å². The standard InChI is InChI=1S/C18H22N2O5S/c1-20(2)17(13-7-9-15(25-3)10-8-13)12-19-26(23,24)16-6-4-5-14(11-16)18(21)22/h4-11,17,19H,12H2,1-3H3,(H,21,22). The van der Waals surface area contributed by atoms with Crippen LogP contribution in [0.4, 0.5) is 0 Å². The first-order valence-corrected chi connectivity index (χ1v) is 9.36. The van der Waals surface area contributed by atoms with E-state index in [-0.39, 0.29) is 23.0 Å². The summed E-state index contributed by atoms with van der Waals surface area (Å²) in [6.45, 7) is 0.138. The third-order valence-electron chi connectivity index (χ3n) is 3.98. The first kappa shape index (κ1) is 19.9. The smallest absolute Gasteiger partial charge is 0.335 e. The van der Waals surface area contributed by atoms with Gasteiger partial charge in [-0.05, 0) is 50.0 Å². The predicted octanol–water partition coefficient (Wildman–Crippen LogP) is 1.97. The van der Waals surface area contributed by atoms with Gasteiger partial charge in [0.2, 0.25) is 10.0 Å². The summed E-state index contributed by atoms with van der Waals surface area (Å²) in [4.78, 5) is 12.9. The fourth-order valence-electron chi connectivity index (χ4n) is 2.49. The van der Waals surface area contributed by atoms with Crippen molar-refractivity contribution < 1.29 is 23.1 Å². The number of hydrogen-bond donors (Lipinski definition) is 2. The summed E-state index contributed by atoms with van der Waals surface area (Å²) in [5.74, 6) is -0.455. The highest BCUT2D eigenvalue weighted by Crippen LogP contribution is 2.21. The minimum atomic E-state index is -3.83. The molecule has 1 unspecified atom stereocenters. The highest BCUT2D eigenvalue weighted by molar-refractivity contribution is 7.89. The van der Waals surface area contributed by atoms with Crippen LogP contribution >= 0.6 is 0 Å². The van der Waals surface area contributed by atoms with Crippen LogP contribution in [-0.4, -0.2) is 52.1 Å². The zero-order valence-electron chi connectivity index (χ0n) is 14.8. The first-order chi connectivity index (χ1) is 12.2. The number of methoxy groups -OCH3 is 1. The zero-order chi connectivity index (χ0) is 19.3. The van der Waals surface area contributed by atoms with Crippen molar-refractivity contribution in [1.29, 1.82) is 0 Å². The van der Waals surface area contributed by atoms with Crippen LogP contribution in [0.3, 0.4) is 0 Å². The molecule has 0 saturated carbocycles. The molecule has 26 heavy (non-hydrogen) atoms. The molecule has 0 aromatic heterocycles. The summed E-state index contributed by atoms with van der Waals surface area (Å²) in [7, 11) is 1.46. The highest BCUT2D eigenvalue weighted by atomic mass is 32.2. The van der Waals surface area contributed by atoms with Crippen molar-refractivity contribution in [3.8, 4) is 5.75 Å². The van der Waals surface area contributed by atoms with Crippen molar-refractivity contribution in [3.63, 3.8) is 0 Å². The number of rotatable bonds is 8. The molecule has 0 aliphatic rings. The number of hydrogen-bond acceptors (Lipinski definition) is 5. The van der Waals surface area contributed by atoms with E-state index in [1.807, 2.05) is 43.3 Å². The summed E-state index contributed by atoms with van der Waals surface area (Å²) in [5, 5.41) is 9.03. The van der Waals surface area contributed by atoms with Gasteiger partial charge in [0.05, 0.1) is 17.6 Å². The SMILES string of the molecule is COc1ccc(C(CNS(=O)(=O)c2cccc(C(=O)O)c2)N(C)C)cc1. The van der Waals surface area contributed by atoms with Crippen LogP contribution in [0.5, 0.6) is 5.75 Å². The van der Waals surface area contributed by atoms with Crippen LogP contribution in [0.25, 0.3) is 0 Å². The lowest BCUT2D eigenvalue weighted by atomic mass is 10.1.